The van der Waals surface area contributed by atoms with Crippen molar-refractivity contribution in [3.8, 4) is 11.5 Å². The zero-order valence-electron chi connectivity index (χ0n) is 24.4. The minimum Gasteiger partial charge on any atom is -0.317 e. The predicted octanol–water partition coefficient (Wildman–Crippen LogP) is 5.11. The fourth-order valence-corrected chi connectivity index (χ4v) is 9.23. The summed E-state index contributed by atoms with van der Waals surface area (Å²) in [5.41, 5.74) is 4.94. The van der Waals surface area contributed by atoms with E-state index in [-0.39, 0.29) is 0 Å². The summed E-state index contributed by atoms with van der Waals surface area (Å²) in [5, 5.41) is 25.1. The SMILES string of the molecule is Cc1cn2cc(-n3cc4sc(C5CCNCC5)cc4n3)nc2c(CC2CC(c3cc4cn(-c5cn[nH]c5)nc4s3)CCN2)n1. The Labute approximate surface area is 261 Å². The van der Waals surface area contributed by atoms with Gasteiger partial charge in [0.15, 0.2) is 11.5 Å². The van der Waals surface area contributed by atoms with E-state index < -0.39 is 0 Å². The van der Waals surface area contributed by atoms with Crippen molar-refractivity contribution in [3.63, 3.8) is 0 Å². The number of nitrogens with zero attached hydrogens (tertiary/aromatic N) is 8. The quantitative estimate of drug-likeness (QED) is 0.236. The van der Waals surface area contributed by atoms with Crippen molar-refractivity contribution < 1.29 is 0 Å². The van der Waals surface area contributed by atoms with Gasteiger partial charge in [0.05, 0.1) is 34.7 Å². The molecule has 0 amide bonds. The van der Waals surface area contributed by atoms with Crippen molar-refractivity contribution in [3.05, 3.63) is 70.5 Å². The zero-order valence-corrected chi connectivity index (χ0v) is 26.0. The number of hydrogen-bond acceptors (Lipinski definition) is 9. The van der Waals surface area contributed by atoms with Crippen molar-refractivity contribution >= 4 is 48.8 Å². The van der Waals surface area contributed by atoms with Crippen LogP contribution in [0.4, 0.5) is 0 Å². The van der Waals surface area contributed by atoms with Gasteiger partial charge in [0.2, 0.25) is 0 Å². The molecule has 7 aromatic rings. The molecule has 2 saturated heterocycles. The lowest BCUT2D eigenvalue weighted by molar-refractivity contribution is 0.361. The Morgan fingerprint density at radius 1 is 0.909 bits per heavy atom. The Morgan fingerprint density at radius 2 is 1.80 bits per heavy atom. The van der Waals surface area contributed by atoms with E-state index in [9.17, 15) is 0 Å². The van der Waals surface area contributed by atoms with Gasteiger partial charge < -0.3 is 15.0 Å². The summed E-state index contributed by atoms with van der Waals surface area (Å²) in [6.45, 7) is 5.26. The summed E-state index contributed by atoms with van der Waals surface area (Å²) in [5.74, 6) is 1.99. The van der Waals surface area contributed by atoms with Gasteiger partial charge in [-0.2, -0.15) is 15.3 Å². The molecule has 0 bridgehead atoms. The molecule has 0 aromatic carbocycles. The highest BCUT2D eigenvalue weighted by Gasteiger charge is 2.27. The van der Waals surface area contributed by atoms with E-state index in [1.807, 2.05) is 38.2 Å². The number of thiophene rings is 2. The molecule has 11 nitrogen and oxygen atoms in total. The van der Waals surface area contributed by atoms with Crippen molar-refractivity contribution in [1.29, 1.82) is 0 Å². The lowest BCUT2D eigenvalue weighted by Gasteiger charge is -2.29. The molecule has 2 aliphatic heterocycles. The van der Waals surface area contributed by atoms with E-state index >= 15 is 0 Å². The number of nitrogens with one attached hydrogen (secondary N) is 3. The van der Waals surface area contributed by atoms with Gasteiger partial charge in [-0.25, -0.2) is 14.3 Å². The van der Waals surface area contributed by atoms with E-state index in [4.69, 9.17) is 20.2 Å². The molecule has 2 fully saturated rings. The first kappa shape index (κ1) is 26.5. The van der Waals surface area contributed by atoms with Gasteiger partial charge in [-0.05, 0) is 76.2 Å². The largest absolute Gasteiger partial charge is 0.317 e. The number of H-pyrrole nitrogens is 1. The first-order valence-corrected chi connectivity index (χ1v) is 17.0. The average molecular weight is 624 g/mol. The smallest absolute Gasteiger partial charge is 0.172 e. The van der Waals surface area contributed by atoms with Crippen LogP contribution in [-0.2, 0) is 6.42 Å². The lowest BCUT2D eigenvalue weighted by Crippen LogP contribution is -2.39. The van der Waals surface area contributed by atoms with Gasteiger partial charge in [-0.1, -0.05) is 0 Å². The lowest BCUT2D eigenvalue weighted by atomic mass is 9.89. The number of fused-ring (bicyclic) bond motifs is 3. The summed E-state index contributed by atoms with van der Waals surface area (Å²) in [6, 6.07) is 4.94. The van der Waals surface area contributed by atoms with Crippen LogP contribution in [0.25, 0.3) is 37.6 Å². The first-order valence-electron chi connectivity index (χ1n) is 15.4. The highest BCUT2D eigenvalue weighted by Crippen LogP contribution is 2.37. The Hall–Kier alpha value is -3.91. The summed E-state index contributed by atoms with van der Waals surface area (Å²) in [7, 11) is 0. The minimum absolute atomic E-state index is 0.329. The zero-order chi connectivity index (χ0) is 29.2. The topological polar surface area (TPSA) is 119 Å². The van der Waals surface area contributed by atoms with E-state index in [1.54, 1.807) is 6.20 Å². The van der Waals surface area contributed by atoms with E-state index in [0.29, 0.717) is 17.9 Å². The van der Waals surface area contributed by atoms with Gasteiger partial charge in [0.25, 0.3) is 0 Å². The molecule has 3 N–H and O–H groups in total. The second-order valence-corrected chi connectivity index (χ2v) is 14.3. The van der Waals surface area contributed by atoms with Crippen LogP contribution < -0.4 is 10.6 Å². The molecule has 0 radical (unpaired) electrons. The van der Waals surface area contributed by atoms with Crippen LogP contribution >= 0.6 is 22.7 Å². The third-order valence-corrected chi connectivity index (χ3v) is 11.5. The summed E-state index contributed by atoms with van der Waals surface area (Å²) < 4.78 is 7.17. The number of piperidine rings is 2. The highest BCUT2D eigenvalue weighted by molar-refractivity contribution is 7.19. The van der Waals surface area contributed by atoms with Crippen LogP contribution in [0.3, 0.4) is 0 Å². The van der Waals surface area contributed by atoms with Crippen molar-refractivity contribution in [2.24, 2.45) is 0 Å². The number of hydrogen-bond donors (Lipinski definition) is 3. The van der Waals surface area contributed by atoms with E-state index in [2.05, 4.69) is 69.1 Å². The molecular weight excluding hydrogens is 591 g/mol. The van der Waals surface area contributed by atoms with Crippen LogP contribution in [0.15, 0.2) is 49.3 Å². The van der Waals surface area contributed by atoms with E-state index in [1.165, 1.54) is 32.7 Å². The molecule has 44 heavy (non-hydrogen) atoms. The summed E-state index contributed by atoms with van der Waals surface area (Å²) in [6.07, 6.45) is 17.5. The fourth-order valence-electron chi connectivity index (χ4n) is 6.90. The molecule has 9 rings (SSSR count). The van der Waals surface area contributed by atoms with Gasteiger partial charge in [-0.15, -0.1) is 22.7 Å². The number of aromatic amines is 1. The number of rotatable bonds is 6. The predicted molar refractivity (Wildman–Crippen MR) is 174 cm³/mol. The van der Waals surface area contributed by atoms with Crippen LogP contribution in [0.5, 0.6) is 0 Å². The monoisotopic (exact) mass is 623 g/mol. The van der Waals surface area contributed by atoms with E-state index in [0.717, 1.165) is 77.8 Å². The molecule has 13 heteroatoms. The van der Waals surface area contributed by atoms with Crippen molar-refractivity contribution in [2.45, 2.75) is 56.9 Å². The summed E-state index contributed by atoms with van der Waals surface area (Å²) >= 11 is 3.69. The Morgan fingerprint density at radius 3 is 2.64 bits per heavy atom. The molecule has 9 heterocycles. The van der Waals surface area contributed by atoms with Gasteiger partial charge in [-0.3, -0.25) is 10.1 Å². The maximum atomic E-state index is 5.06. The number of aryl methyl sites for hydroxylation is 1. The normalized spacial score (nSPS) is 20.0. The fraction of sp³-hybridized carbons (Fsp3) is 0.387. The highest BCUT2D eigenvalue weighted by atomic mass is 32.1. The van der Waals surface area contributed by atoms with Gasteiger partial charge in [0.1, 0.15) is 16.0 Å². The third-order valence-electron chi connectivity index (χ3n) is 9.11. The molecule has 0 aliphatic carbocycles. The van der Waals surface area contributed by atoms with Gasteiger partial charge >= 0.3 is 0 Å². The molecule has 7 aromatic heterocycles. The second-order valence-electron chi connectivity index (χ2n) is 12.2. The molecule has 2 unspecified atom stereocenters. The number of imidazole rings is 1. The van der Waals surface area contributed by atoms with Gasteiger partial charge in [0, 0.05) is 46.2 Å². The number of aromatic nitrogens is 9. The molecule has 0 saturated carbocycles. The first-order chi connectivity index (χ1) is 21.6. The standard InChI is InChI=1S/C31H33N11S2/c1-18-14-40-17-29(42-16-28-24(38-42)11-27(43-28)19-2-5-32-6-3-19)37-30(40)25(36-18)10-22-8-20(4-7-33-22)26-9-21-15-41(39-31(21)44-26)23-12-34-35-13-23/h9,11-17,19-20,22,32-33H,2-8,10H2,1H3,(H,34,35). The molecule has 2 aliphatic rings. The van der Waals surface area contributed by atoms with Crippen LogP contribution in [0.2, 0.25) is 0 Å². The molecule has 0 spiro atoms. The van der Waals surface area contributed by atoms with Crippen molar-refractivity contribution in [1.82, 2.24) is 54.8 Å². The molecular formula is C31H33N11S2. The second kappa shape index (κ2) is 10.6. The van der Waals surface area contributed by atoms with Crippen molar-refractivity contribution in [2.75, 3.05) is 19.6 Å². The maximum Gasteiger partial charge on any atom is 0.172 e. The maximum absolute atomic E-state index is 5.06. The Bertz CT molecular complexity index is 2020. The minimum atomic E-state index is 0.329. The van der Waals surface area contributed by atoms with Crippen LogP contribution in [0, 0.1) is 6.92 Å². The Kier molecular flexibility index (Phi) is 6.39. The third kappa shape index (κ3) is 4.74. The Balaban J connectivity index is 0.948. The van der Waals surface area contributed by atoms with Crippen LogP contribution in [-0.4, -0.2) is 69.8 Å². The molecule has 224 valence electrons. The average Bonchev–Trinajstić information content (AvgIpc) is 3.86. The summed E-state index contributed by atoms with van der Waals surface area (Å²) in [4.78, 5) is 14.0. The molecule has 2 atom stereocenters. The van der Waals surface area contributed by atoms with Crippen LogP contribution in [0.1, 0.15) is 58.7 Å².